The Morgan fingerprint density at radius 1 is 1.09 bits per heavy atom. The number of urea groups is 1. The molecule has 1 fully saturated rings. The van der Waals surface area contributed by atoms with E-state index in [4.69, 9.17) is 9.47 Å². The summed E-state index contributed by atoms with van der Waals surface area (Å²) in [6.07, 6.45) is 0.264. The van der Waals surface area contributed by atoms with Gasteiger partial charge < -0.3 is 20.1 Å². The van der Waals surface area contributed by atoms with Crippen molar-refractivity contribution in [1.82, 2.24) is 10.2 Å². The average molecular weight is 437 g/mol. The van der Waals surface area contributed by atoms with Gasteiger partial charge in [0.05, 0.1) is 0 Å². The van der Waals surface area contributed by atoms with E-state index in [1.54, 1.807) is 19.1 Å². The van der Waals surface area contributed by atoms with E-state index in [0.29, 0.717) is 17.2 Å². The maximum Gasteiger partial charge on any atom is 0.325 e. The van der Waals surface area contributed by atoms with Crippen molar-refractivity contribution in [3.63, 3.8) is 0 Å². The highest BCUT2D eigenvalue weighted by Crippen LogP contribution is 2.34. The number of rotatable bonds is 5. The molecule has 168 valence electrons. The first kappa shape index (κ1) is 21.7. The number of anilines is 1. The van der Waals surface area contributed by atoms with E-state index >= 15 is 0 Å². The molecule has 0 aliphatic carbocycles. The van der Waals surface area contributed by atoms with Crippen molar-refractivity contribution in [2.45, 2.75) is 45.1 Å². The molecule has 8 nitrogen and oxygen atoms in total. The van der Waals surface area contributed by atoms with E-state index < -0.39 is 23.4 Å². The average Bonchev–Trinajstić information content (AvgIpc) is 3.26. The van der Waals surface area contributed by atoms with Crippen LogP contribution in [0.2, 0.25) is 0 Å². The monoisotopic (exact) mass is 437 g/mol. The molecule has 0 aromatic heterocycles. The number of nitrogens with zero attached hydrogens (tertiary/aromatic N) is 1. The molecule has 32 heavy (non-hydrogen) atoms. The smallest absolute Gasteiger partial charge is 0.325 e. The minimum Gasteiger partial charge on any atom is -0.454 e. The van der Waals surface area contributed by atoms with Gasteiger partial charge in [-0.1, -0.05) is 39.0 Å². The molecule has 2 aliphatic heterocycles. The molecule has 2 aromatic carbocycles. The van der Waals surface area contributed by atoms with Crippen LogP contribution in [-0.4, -0.2) is 41.6 Å². The Kier molecular flexibility index (Phi) is 5.32. The summed E-state index contributed by atoms with van der Waals surface area (Å²) < 4.78 is 10.7. The van der Waals surface area contributed by atoms with Crippen molar-refractivity contribution in [3.05, 3.63) is 53.6 Å². The van der Waals surface area contributed by atoms with E-state index in [9.17, 15) is 14.4 Å². The largest absolute Gasteiger partial charge is 0.454 e. The number of ether oxygens (including phenoxy) is 2. The zero-order valence-corrected chi connectivity index (χ0v) is 18.7. The summed E-state index contributed by atoms with van der Waals surface area (Å²) in [5.74, 6) is 0.369. The van der Waals surface area contributed by atoms with E-state index in [2.05, 4.69) is 31.4 Å². The van der Waals surface area contributed by atoms with Crippen LogP contribution in [0.3, 0.4) is 0 Å². The number of hydrogen-bond acceptors (Lipinski definition) is 5. The van der Waals surface area contributed by atoms with E-state index in [-0.39, 0.29) is 25.2 Å². The molecular weight excluding hydrogens is 410 g/mol. The van der Waals surface area contributed by atoms with Gasteiger partial charge in [-0.2, -0.15) is 0 Å². The molecule has 1 unspecified atom stereocenters. The maximum absolute atomic E-state index is 13.0. The third kappa shape index (κ3) is 4.26. The highest BCUT2D eigenvalue weighted by atomic mass is 16.7. The van der Waals surface area contributed by atoms with Gasteiger partial charge in [-0.3, -0.25) is 14.5 Å². The summed E-state index contributed by atoms with van der Waals surface area (Å²) in [6, 6.07) is 12.3. The minimum absolute atomic E-state index is 0.00499. The third-order valence-corrected chi connectivity index (χ3v) is 5.68. The van der Waals surface area contributed by atoms with E-state index in [0.717, 1.165) is 16.0 Å². The summed E-state index contributed by atoms with van der Waals surface area (Å²) in [6.45, 7) is 7.78. The fourth-order valence-electron chi connectivity index (χ4n) is 3.87. The van der Waals surface area contributed by atoms with E-state index in [1.165, 1.54) is 0 Å². The Balaban J connectivity index is 1.40. The lowest BCUT2D eigenvalue weighted by atomic mass is 9.87. The SMILES string of the molecule is CC1(Cc2ccc3c(c2)OCO3)NC(=O)N(CC(=O)Nc2ccc(C(C)(C)C)cc2)C1=O. The highest BCUT2D eigenvalue weighted by molar-refractivity contribution is 6.10. The van der Waals surface area contributed by atoms with Gasteiger partial charge >= 0.3 is 6.03 Å². The fourth-order valence-corrected chi connectivity index (χ4v) is 3.87. The molecule has 0 bridgehead atoms. The van der Waals surface area contributed by atoms with Crippen LogP contribution in [-0.2, 0) is 21.4 Å². The maximum atomic E-state index is 13.0. The molecule has 0 radical (unpaired) electrons. The predicted molar refractivity (Wildman–Crippen MR) is 119 cm³/mol. The van der Waals surface area contributed by atoms with Crippen molar-refractivity contribution in [2.75, 3.05) is 18.7 Å². The first-order valence-electron chi connectivity index (χ1n) is 10.5. The molecule has 8 heteroatoms. The van der Waals surface area contributed by atoms with Crippen LogP contribution >= 0.6 is 0 Å². The number of imide groups is 1. The lowest BCUT2D eigenvalue weighted by molar-refractivity contribution is -0.133. The summed E-state index contributed by atoms with van der Waals surface area (Å²) in [7, 11) is 0. The number of fused-ring (bicyclic) bond motifs is 1. The van der Waals surface area contributed by atoms with Gasteiger partial charge in [-0.15, -0.1) is 0 Å². The van der Waals surface area contributed by atoms with Gasteiger partial charge in [0, 0.05) is 12.1 Å². The van der Waals surface area contributed by atoms with Crippen molar-refractivity contribution in [2.24, 2.45) is 0 Å². The zero-order chi connectivity index (χ0) is 23.1. The quantitative estimate of drug-likeness (QED) is 0.700. The third-order valence-electron chi connectivity index (χ3n) is 5.68. The van der Waals surface area contributed by atoms with Gasteiger partial charge in [-0.25, -0.2) is 4.79 Å². The van der Waals surface area contributed by atoms with Crippen molar-refractivity contribution < 1.29 is 23.9 Å². The van der Waals surface area contributed by atoms with E-state index in [1.807, 2.05) is 30.3 Å². The minimum atomic E-state index is -1.15. The zero-order valence-electron chi connectivity index (χ0n) is 18.7. The molecular formula is C24H27N3O5. The Morgan fingerprint density at radius 3 is 2.47 bits per heavy atom. The summed E-state index contributed by atoms with van der Waals surface area (Å²) in [4.78, 5) is 39.0. The number of amides is 4. The second kappa shape index (κ2) is 7.85. The van der Waals surface area contributed by atoms with Crippen LogP contribution in [0.5, 0.6) is 11.5 Å². The first-order chi connectivity index (χ1) is 15.0. The number of nitrogens with one attached hydrogen (secondary N) is 2. The number of carbonyl (C=O) groups is 3. The first-order valence-corrected chi connectivity index (χ1v) is 10.5. The molecule has 0 saturated carbocycles. The normalized spacial score (nSPS) is 19.8. The molecule has 2 aliphatic rings. The highest BCUT2D eigenvalue weighted by Gasteiger charge is 2.48. The standard InChI is InChI=1S/C24H27N3O5/c1-23(2,3)16-6-8-17(9-7-16)25-20(28)13-27-21(29)24(4,26-22(27)30)12-15-5-10-18-19(11-15)32-14-31-18/h5-11H,12-14H2,1-4H3,(H,25,28)(H,26,30). The molecule has 2 aromatic rings. The lowest BCUT2D eigenvalue weighted by Gasteiger charge is -2.22. The van der Waals surface area contributed by atoms with Gasteiger partial charge in [0.2, 0.25) is 12.7 Å². The molecule has 2 N–H and O–H groups in total. The Labute approximate surface area is 186 Å². The van der Waals surface area contributed by atoms with Gasteiger partial charge in [0.1, 0.15) is 12.1 Å². The van der Waals surface area contributed by atoms with Crippen LogP contribution < -0.4 is 20.1 Å². The van der Waals surface area contributed by atoms with Crippen molar-refractivity contribution in [1.29, 1.82) is 0 Å². The molecule has 0 spiro atoms. The second-order valence-electron chi connectivity index (χ2n) is 9.39. The van der Waals surface area contributed by atoms with Gasteiger partial charge in [0.15, 0.2) is 11.5 Å². The van der Waals surface area contributed by atoms with Gasteiger partial charge in [0.25, 0.3) is 5.91 Å². The molecule has 4 amide bonds. The Morgan fingerprint density at radius 2 is 1.78 bits per heavy atom. The Hall–Kier alpha value is -3.55. The molecule has 4 rings (SSSR count). The van der Waals surface area contributed by atoms with Gasteiger partial charge in [-0.05, 0) is 47.7 Å². The van der Waals surface area contributed by atoms with Crippen LogP contribution in [0.15, 0.2) is 42.5 Å². The lowest BCUT2D eigenvalue weighted by Crippen LogP contribution is -2.46. The number of hydrogen-bond donors (Lipinski definition) is 2. The van der Waals surface area contributed by atoms with Crippen LogP contribution in [0, 0.1) is 0 Å². The fraction of sp³-hybridized carbons (Fsp3) is 0.375. The summed E-state index contributed by atoms with van der Waals surface area (Å²) in [5, 5.41) is 5.48. The number of carbonyl (C=O) groups excluding carboxylic acids is 3. The molecule has 2 heterocycles. The van der Waals surface area contributed by atoms with Crippen molar-refractivity contribution in [3.8, 4) is 11.5 Å². The topological polar surface area (TPSA) is 97.0 Å². The van der Waals surface area contributed by atoms with Crippen LogP contribution in [0.1, 0.15) is 38.8 Å². The second-order valence-corrected chi connectivity index (χ2v) is 9.39. The summed E-state index contributed by atoms with van der Waals surface area (Å²) in [5.41, 5.74) is 1.42. The summed E-state index contributed by atoms with van der Waals surface area (Å²) >= 11 is 0. The Bertz CT molecular complexity index is 1070. The van der Waals surface area contributed by atoms with Crippen LogP contribution in [0.4, 0.5) is 10.5 Å². The van der Waals surface area contributed by atoms with Crippen LogP contribution in [0.25, 0.3) is 0 Å². The number of benzene rings is 2. The molecule has 1 atom stereocenters. The molecule has 1 saturated heterocycles. The van der Waals surface area contributed by atoms with Crippen molar-refractivity contribution >= 4 is 23.5 Å². The predicted octanol–water partition coefficient (Wildman–Crippen LogP) is 3.20.